The van der Waals surface area contributed by atoms with Gasteiger partial charge in [-0.3, -0.25) is 4.79 Å². The number of likely N-dealkylation sites (N-methyl/N-ethyl adjacent to an activating group) is 1. The molecular weight excluding hydrogens is 222 g/mol. The third-order valence-electron chi connectivity index (χ3n) is 2.36. The first-order valence-corrected chi connectivity index (χ1v) is 6.38. The highest BCUT2D eigenvalue weighted by Crippen LogP contribution is 2.10. The van der Waals surface area contributed by atoms with Crippen molar-refractivity contribution < 1.29 is 4.79 Å². The molecule has 1 aromatic rings. The molecule has 4 nitrogen and oxygen atoms in total. The van der Waals surface area contributed by atoms with Gasteiger partial charge in [0, 0.05) is 30.7 Å². The Kier molecular flexibility index (Phi) is 5.42. The second-order valence-corrected chi connectivity index (χ2v) is 4.83. The predicted molar refractivity (Wildman–Crippen MR) is 66.5 cm³/mol. The summed E-state index contributed by atoms with van der Waals surface area (Å²) in [5.41, 5.74) is 0. The van der Waals surface area contributed by atoms with Gasteiger partial charge in [-0.15, -0.1) is 11.3 Å². The van der Waals surface area contributed by atoms with E-state index in [9.17, 15) is 4.79 Å². The van der Waals surface area contributed by atoms with Gasteiger partial charge in [-0.2, -0.15) is 0 Å². The summed E-state index contributed by atoms with van der Waals surface area (Å²) in [5.74, 6) is 0.159. The Morgan fingerprint density at radius 3 is 2.69 bits per heavy atom. The Morgan fingerprint density at radius 1 is 1.50 bits per heavy atom. The summed E-state index contributed by atoms with van der Waals surface area (Å²) in [6.07, 6.45) is 1.86. The zero-order chi connectivity index (χ0) is 12.0. The highest BCUT2D eigenvalue weighted by molar-refractivity contribution is 7.11. The van der Waals surface area contributed by atoms with Crippen LogP contribution >= 0.6 is 11.3 Å². The van der Waals surface area contributed by atoms with Gasteiger partial charge in [0.25, 0.3) is 0 Å². The monoisotopic (exact) mass is 241 g/mol. The molecule has 0 radical (unpaired) electrons. The maximum atomic E-state index is 11.7. The molecule has 0 aliphatic rings. The van der Waals surface area contributed by atoms with E-state index in [0.717, 1.165) is 24.6 Å². The van der Waals surface area contributed by atoms with Crippen LogP contribution in [0.2, 0.25) is 0 Å². The van der Waals surface area contributed by atoms with Crippen LogP contribution in [0, 0.1) is 6.92 Å². The van der Waals surface area contributed by atoms with Gasteiger partial charge in [-0.25, -0.2) is 4.98 Å². The lowest BCUT2D eigenvalue weighted by Gasteiger charge is -2.18. The van der Waals surface area contributed by atoms with Gasteiger partial charge in [0.15, 0.2) is 0 Å². The fourth-order valence-corrected chi connectivity index (χ4v) is 2.23. The molecule has 1 N–H and O–H groups in total. The van der Waals surface area contributed by atoms with Crippen LogP contribution in [0.4, 0.5) is 0 Å². The maximum absolute atomic E-state index is 11.7. The van der Waals surface area contributed by atoms with E-state index < -0.39 is 0 Å². The summed E-state index contributed by atoms with van der Waals surface area (Å²) in [7, 11) is 0. The van der Waals surface area contributed by atoms with E-state index >= 15 is 0 Å². The number of aromatic nitrogens is 1. The second-order valence-electron chi connectivity index (χ2n) is 3.52. The van der Waals surface area contributed by atoms with Crippen LogP contribution in [0.1, 0.15) is 23.7 Å². The molecule has 0 fully saturated rings. The van der Waals surface area contributed by atoms with Gasteiger partial charge in [0.1, 0.15) is 0 Å². The lowest BCUT2D eigenvalue weighted by atomic mass is 10.4. The molecule has 1 heterocycles. The molecule has 90 valence electrons. The standard InChI is InChI=1S/C11H19N3OS/c1-4-14(5-2)11(15)8-12-6-10-7-13-9(3)16-10/h7,12H,4-6,8H2,1-3H3. The van der Waals surface area contributed by atoms with Crippen LogP contribution in [0.5, 0.6) is 0 Å². The number of amides is 1. The van der Waals surface area contributed by atoms with E-state index in [1.54, 1.807) is 11.3 Å². The molecule has 1 rings (SSSR count). The molecule has 1 amide bonds. The minimum atomic E-state index is 0.159. The summed E-state index contributed by atoms with van der Waals surface area (Å²) in [4.78, 5) is 18.8. The molecule has 0 saturated carbocycles. The Morgan fingerprint density at radius 2 is 2.19 bits per heavy atom. The van der Waals surface area contributed by atoms with Crippen LogP contribution < -0.4 is 5.32 Å². The Balaban J connectivity index is 2.27. The molecule has 0 aliphatic heterocycles. The first kappa shape index (κ1) is 13.1. The fraction of sp³-hybridized carbons (Fsp3) is 0.636. The summed E-state index contributed by atoms with van der Waals surface area (Å²) in [5, 5.41) is 4.21. The van der Waals surface area contributed by atoms with Crippen molar-refractivity contribution in [2.75, 3.05) is 19.6 Å². The van der Waals surface area contributed by atoms with Gasteiger partial charge in [0.05, 0.1) is 11.6 Å². The predicted octanol–water partition coefficient (Wildman–Crippen LogP) is 1.41. The first-order valence-electron chi connectivity index (χ1n) is 5.57. The Hall–Kier alpha value is -0.940. The van der Waals surface area contributed by atoms with Gasteiger partial charge < -0.3 is 10.2 Å². The average Bonchev–Trinajstić information content (AvgIpc) is 2.66. The van der Waals surface area contributed by atoms with Gasteiger partial charge in [-0.05, 0) is 20.8 Å². The summed E-state index contributed by atoms with van der Waals surface area (Å²) in [6, 6.07) is 0. The zero-order valence-electron chi connectivity index (χ0n) is 10.1. The Labute approximate surface area is 101 Å². The number of hydrogen-bond donors (Lipinski definition) is 1. The molecule has 1 aromatic heterocycles. The lowest BCUT2D eigenvalue weighted by Crippen LogP contribution is -2.37. The van der Waals surface area contributed by atoms with E-state index in [1.165, 1.54) is 4.88 Å². The minimum absolute atomic E-state index is 0.159. The zero-order valence-corrected chi connectivity index (χ0v) is 10.9. The second kappa shape index (κ2) is 6.60. The summed E-state index contributed by atoms with van der Waals surface area (Å²) in [6.45, 7) is 8.64. The van der Waals surface area contributed by atoms with Crippen LogP contribution in [0.15, 0.2) is 6.20 Å². The summed E-state index contributed by atoms with van der Waals surface area (Å²) >= 11 is 1.66. The number of hydrogen-bond acceptors (Lipinski definition) is 4. The van der Waals surface area contributed by atoms with Crippen LogP contribution in [0.3, 0.4) is 0 Å². The molecule has 0 spiro atoms. The fourth-order valence-electron chi connectivity index (χ4n) is 1.47. The van der Waals surface area contributed by atoms with Crippen molar-refractivity contribution in [1.82, 2.24) is 15.2 Å². The maximum Gasteiger partial charge on any atom is 0.236 e. The third-order valence-corrected chi connectivity index (χ3v) is 3.27. The topological polar surface area (TPSA) is 45.2 Å². The van der Waals surface area contributed by atoms with Gasteiger partial charge in [-0.1, -0.05) is 0 Å². The van der Waals surface area contributed by atoms with E-state index in [-0.39, 0.29) is 5.91 Å². The van der Waals surface area contributed by atoms with Crippen molar-refractivity contribution in [1.29, 1.82) is 0 Å². The van der Waals surface area contributed by atoms with Gasteiger partial charge in [0.2, 0.25) is 5.91 Å². The van der Waals surface area contributed by atoms with Crippen molar-refractivity contribution in [2.24, 2.45) is 0 Å². The van der Waals surface area contributed by atoms with Crippen molar-refractivity contribution in [3.8, 4) is 0 Å². The number of rotatable bonds is 6. The molecule has 0 unspecified atom stereocenters. The highest BCUT2D eigenvalue weighted by atomic mass is 32.1. The summed E-state index contributed by atoms with van der Waals surface area (Å²) < 4.78 is 0. The van der Waals surface area contributed by atoms with Crippen LogP contribution in [-0.2, 0) is 11.3 Å². The van der Waals surface area contributed by atoms with E-state index in [2.05, 4.69) is 10.3 Å². The van der Waals surface area contributed by atoms with Crippen molar-refractivity contribution in [3.63, 3.8) is 0 Å². The molecule has 0 atom stereocenters. The molecule has 16 heavy (non-hydrogen) atoms. The number of aryl methyl sites for hydroxylation is 1. The molecule has 0 bridgehead atoms. The third kappa shape index (κ3) is 3.90. The molecule has 0 aromatic carbocycles. The van der Waals surface area contributed by atoms with Crippen molar-refractivity contribution in [3.05, 3.63) is 16.1 Å². The smallest absolute Gasteiger partial charge is 0.236 e. The van der Waals surface area contributed by atoms with E-state index in [4.69, 9.17) is 0 Å². The molecule has 5 heteroatoms. The lowest BCUT2D eigenvalue weighted by molar-refractivity contribution is -0.129. The molecule has 0 aliphatic carbocycles. The van der Waals surface area contributed by atoms with Crippen LogP contribution in [0.25, 0.3) is 0 Å². The minimum Gasteiger partial charge on any atom is -0.342 e. The van der Waals surface area contributed by atoms with E-state index in [1.807, 2.05) is 31.9 Å². The average molecular weight is 241 g/mol. The normalized spacial score (nSPS) is 10.4. The van der Waals surface area contributed by atoms with Gasteiger partial charge >= 0.3 is 0 Å². The highest BCUT2D eigenvalue weighted by Gasteiger charge is 2.08. The number of nitrogens with one attached hydrogen (secondary N) is 1. The quantitative estimate of drug-likeness (QED) is 0.819. The number of nitrogens with zero attached hydrogens (tertiary/aromatic N) is 2. The Bertz CT molecular complexity index is 334. The first-order chi connectivity index (χ1) is 7.67. The number of thiazole rings is 1. The number of carbonyl (C=O) groups excluding carboxylic acids is 1. The van der Waals surface area contributed by atoms with E-state index in [0.29, 0.717) is 6.54 Å². The van der Waals surface area contributed by atoms with Crippen molar-refractivity contribution in [2.45, 2.75) is 27.3 Å². The number of carbonyl (C=O) groups is 1. The SMILES string of the molecule is CCN(CC)C(=O)CNCc1cnc(C)s1. The molecular formula is C11H19N3OS. The molecule has 0 saturated heterocycles. The van der Waals surface area contributed by atoms with Crippen molar-refractivity contribution >= 4 is 17.2 Å². The van der Waals surface area contributed by atoms with Crippen LogP contribution in [-0.4, -0.2) is 35.4 Å². The largest absolute Gasteiger partial charge is 0.342 e.